The van der Waals surface area contributed by atoms with E-state index in [1.165, 1.54) is 39.8 Å². The zero-order chi connectivity index (χ0) is 21.8. The lowest BCUT2D eigenvalue weighted by Gasteiger charge is -2.29. The van der Waals surface area contributed by atoms with Crippen LogP contribution in [0.5, 0.6) is 5.75 Å². The molecule has 31 heavy (non-hydrogen) atoms. The van der Waals surface area contributed by atoms with Gasteiger partial charge in [-0.1, -0.05) is 11.6 Å². The van der Waals surface area contributed by atoms with Gasteiger partial charge < -0.3 is 10.1 Å². The van der Waals surface area contributed by atoms with E-state index in [0.29, 0.717) is 31.1 Å². The van der Waals surface area contributed by atoms with E-state index in [1.54, 1.807) is 6.07 Å². The van der Waals surface area contributed by atoms with Crippen molar-refractivity contribution in [2.75, 3.05) is 37.7 Å². The fraction of sp³-hybridized carbons (Fsp3) is 0.545. The van der Waals surface area contributed by atoms with Crippen LogP contribution in [0.3, 0.4) is 0 Å². The molecule has 0 saturated carbocycles. The number of carbonyl (C=O) groups is 2. The summed E-state index contributed by atoms with van der Waals surface area (Å²) in [7, 11) is -3.64. The Hall–Kier alpha value is -2.39. The molecule has 9 heteroatoms. The van der Waals surface area contributed by atoms with Crippen molar-refractivity contribution in [3.8, 4) is 5.75 Å². The van der Waals surface area contributed by atoms with Gasteiger partial charge in [-0.3, -0.25) is 14.5 Å². The topological polar surface area (TPSA) is 96.0 Å². The minimum atomic E-state index is -3.64. The van der Waals surface area contributed by atoms with Gasteiger partial charge in [0.15, 0.2) is 6.61 Å². The summed E-state index contributed by atoms with van der Waals surface area (Å²) in [6, 6.07) is 4.50. The Morgan fingerprint density at radius 1 is 1.13 bits per heavy atom. The van der Waals surface area contributed by atoms with Gasteiger partial charge in [0.25, 0.3) is 5.91 Å². The summed E-state index contributed by atoms with van der Waals surface area (Å²) in [6.07, 6.45) is 9.36. The van der Waals surface area contributed by atoms with Crippen molar-refractivity contribution in [1.82, 2.24) is 9.62 Å². The normalized spacial score (nSPS) is 19.5. The van der Waals surface area contributed by atoms with Crippen molar-refractivity contribution in [1.29, 1.82) is 0 Å². The smallest absolute Gasteiger partial charge is 0.265 e. The number of hydrogen-bond donors (Lipinski definition) is 1. The first-order valence-electron chi connectivity index (χ1n) is 11.0. The van der Waals surface area contributed by atoms with Crippen LogP contribution in [-0.2, 0) is 19.6 Å². The van der Waals surface area contributed by atoms with E-state index >= 15 is 0 Å². The van der Waals surface area contributed by atoms with E-state index in [9.17, 15) is 18.0 Å². The van der Waals surface area contributed by atoms with E-state index < -0.39 is 10.0 Å². The van der Waals surface area contributed by atoms with Gasteiger partial charge >= 0.3 is 0 Å². The average Bonchev–Trinajstić information content (AvgIpc) is 3.32. The van der Waals surface area contributed by atoms with Crippen molar-refractivity contribution < 1.29 is 22.7 Å². The maximum absolute atomic E-state index is 12.9. The van der Waals surface area contributed by atoms with Gasteiger partial charge in [-0.05, 0) is 63.1 Å². The zero-order valence-corrected chi connectivity index (χ0v) is 18.5. The Morgan fingerprint density at radius 2 is 1.94 bits per heavy atom. The number of ether oxygens (including phenoxy) is 1. The summed E-state index contributed by atoms with van der Waals surface area (Å²) < 4.78 is 32.8. The Morgan fingerprint density at radius 3 is 2.68 bits per heavy atom. The third-order valence-electron chi connectivity index (χ3n) is 6.03. The second-order valence-electron chi connectivity index (χ2n) is 8.22. The number of allylic oxidation sites excluding steroid dienone is 1. The summed E-state index contributed by atoms with van der Waals surface area (Å²) in [5.74, 6) is -0.237. The molecule has 0 spiro atoms. The molecule has 168 valence electrons. The summed E-state index contributed by atoms with van der Waals surface area (Å²) in [5, 5.41) is 2.88. The van der Waals surface area contributed by atoms with Crippen molar-refractivity contribution in [2.24, 2.45) is 0 Å². The molecule has 0 unspecified atom stereocenters. The van der Waals surface area contributed by atoms with Crippen molar-refractivity contribution in [3.05, 3.63) is 29.8 Å². The number of anilines is 1. The second kappa shape index (κ2) is 9.40. The molecule has 2 aliphatic heterocycles. The molecule has 0 bridgehead atoms. The SMILES string of the molecule is O=C(CN1C(=O)COc2ccc(S(=O)(=O)N3CCCC3)cc21)NCCC1=CCCCC1. The van der Waals surface area contributed by atoms with Crippen LogP contribution in [0.1, 0.15) is 44.9 Å². The van der Waals surface area contributed by atoms with Gasteiger partial charge in [0, 0.05) is 19.6 Å². The Bertz CT molecular complexity index is 983. The highest BCUT2D eigenvalue weighted by molar-refractivity contribution is 7.89. The van der Waals surface area contributed by atoms with Crippen LogP contribution < -0.4 is 15.0 Å². The second-order valence-corrected chi connectivity index (χ2v) is 10.2. The first-order valence-corrected chi connectivity index (χ1v) is 12.4. The molecule has 2 amide bonds. The lowest BCUT2D eigenvalue weighted by atomic mass is 9.97. The summed E-state index contributed by atoms with van der Waals surface area (Å²) >= 11 is 0. The van der Waals surface area contributed by atoms with Gasteiger partial charge in [0.2, 0.25) is 15.9 Å². The van der Waals surface area contributed by atoms with Crippen molar-refractivity contribution >= 4 is 27.5 Å². The number of benzene rings is 1. The fourth-order valence-corrected chi connectivity index (χ4v) is 5.82. The molecule has 1 fully saturated rings. The van der Waals surface area contributed by atoms with Gasteiger partial charge in [-0.2, -0.15) is 4.31 Å². The molecule has 8 nitrogen and oxygen atoms in total. The Labute approximate surface area is 183 Å². The van der Waals surface area contributed by atoms with Gasteiger partial charge in [-0.25, -0.2) is 8.42 Å². The fourth-order valence-electron chi connectivity index (χ4n) is 4.29. The largest absolute Gasteiger partial charge is 0.482 e. The number of hydrogen-bond acceptors (Lipinski definition) is 5. The molecule has 1 aromatic rings. The Balaban J connectivity index is 1.45. The molecule has 1 aromatic carbocycles. The monoisotopic (exact) mass is 447 g/mol. The van der Waals surface area contributed by atoms with Gasteiger partial charge in [-0.15, -0.1) is 0 Å². The number of carbonyl (C=O) groups excluding carboxylic acids is 2. The van der Waals surface area contributed by atoms with Crippen LogP contribution in [0.2, 0.25) is 0 Å². The maximum Gasteiger partial charge on any atom is 0.265 e. The Kier molecular flexibility index (Phi) is 6.62. The van der Waals surface area contributed by atoms with E-state index in [4.69, 9.17) is 4.74 Å². The van der Waals surface area contributed by atoms with E-state index in [-0.39, 0.29) is 29.9 Å². The number of nitrogens with zero attached hydrogens (tertiary/aromatic N) is 2. The number of rotatable bonds is 7. The molecule has 3 aliphatic rings. The zero-order valence-electron chi connectivity index (χ0n) is 17.6. The van der Waals surface area contributed by atoms with Crippen LogP contribution in [0.15, 0.2) is 34.7 Å². The summed E-state index contributed by atoms with van der Waals surface area (Å²) in [4.78, 5) is 26.4. The van der Waals surface area contributed by atoms with Crippen LogP contribution in [0, 0.1) is 0 Å². The third kappa shape index (κ3) is 4.93. The molecule has 0 atom stereocenters. The molecular weight excluding hydrogens is 418 g/mol. The first kappa shape index (κ1) is 21.8. The standard InChI is InChI=1S/C22H29N3O5S/c26-21(23-11-10-17-6-2-1-3-7-17)15-25-19-14-18(8-9-20(19)30-16-22(25)27)31(28,29)24-12-4-5-13-24/h6,8-9,14H,1-5,7,10-13,15-16H2,(H,23,26). The number of sulfonamides is 1. The van der Waals surface area contributed by atoms with Crippen molar-refractivity contribution in [3.63, 3.8) is 0 Å². The van der Waals surface area contributed by atoms with E-state index in [0.717, 1.165) is 32.1 Å². The third-order valence-corrected chi connectivity index (χ3v) is 7.93. The maximum atomic E-state index is 12.9. The highest BCUT2D eigenvalue weighted by Crippen LogP contribution is 2.35. The molecule has 1 aliphatic carbocycles. The lowest BCUT2D eigenvalue weighted by Crippen LogP contribution is -2.45. The lowest BCUT2D eigenvalue weighted by molar-refractivity contribution is -0.125. The molecule has 0 radical (unpaired) electrons. The average molecular weight is 448 g/mol. The predicted octanol–water partition coefficient (Wildman–Crippen LogP) is 2.20. The number of amides is 2. The first-order chi connectivity index (χ1) is 14.9. The summed E-state index contributed by atoms with van der Waals surface area (Å²) in [5.41, 5.74) is 1.69. The quantitative estimate of drug-likeness (QED) is 0.647. The van der Waals surface area contributed by atoms with Crippen LogP contribution in [0.4, 0.5) is 5.69 Å². The summed E-state index contributed by atoms with van der Waals surface area (Å²) in [6.45, 7) is 1.18. The van der Waals surface area contributed by atoms with Crippen LogP contribution in [-0.4, -0.2) is 57.3 Å². The molecule has 1 N–H and O–H groups in total. The molecule has 2 heterocycles. The van der Waals surface area contributed by atoms with E-state index in [1.807, 2.05) is 0 Å². The number of nitrogens with one attached hydrogen (secondary N) is 1. The molecule has 4 rings (SSSR count). The predicted molar refractivity (Wildman–Crippen MR) is 116 cm³/mol. The minimum Gasteiger partial charge on any atom is -0.482 e. The molecular formula is C22H29N3O5S. The van der Waals surface area contributed by atoms with Gasteiger partial charge in [0.05, 0.1) is 10.6 Å². The number of fused-ring (bicyclic) bond motifs is 1. The van der Waals surface area contributed by atoms with Gasteiger partial charge in [0.1, 0.15) is 12.3 Å². The minimum absolute atomic E-state index is 0.112. The van der Waals surface area contributed by atoms with Crippen LogP contribution in [0.25, 0.3) is 0 Å². The highest BCUT2D eigenvalue weighted by Gasteiger charge is 2.32. The van der Waals surface area contributed by atoms with E-state index in [2.05, 4.69) is 11.4 Å². The molecule has 1 saturated heterocycles. The highest BCUT2D eigenvalue weighted by atomic mass is 32.2. The molecule has 0 aromatic heterocycles. The van der Waals surface area contributed by atoms with Crippen LogP contribution >= 0.6 is 0 Å². The van der Waals surface area contributed by atoms with Crippen molar-refractivity contribution in [2.45, 2.75) is 49.8 Å².